The molecule has 3 saturated heterocycles. The van der Waals surface area contributed by atoms with Crippen LogP contribution in [-0.4, -0.2) is 66.6 Å². The number of nitrogens with zero attached hydrogens (tertiary/aromatic N) is 1. The number of fused-ring (bicyclic) bond motifs is 5. The number of carbonyl (C=O) groups is 1. The number of epoxide rings is 1. The van der Waals surface area contributed by atoms with E-state index in [9.17, 15) is 9.90 Å². The Balaban J connectivity index is 0.00000210. The van der Waals surface area contributed by atoms with Crippen molar-refractivity contribution in [2.75, 3.05) is 20.6 Å². The third-order valence-corrected chi connectivity index (χ3v) is 5.66. The van der Waals surface area contributed by atoms with Crippen LogP contribution in [0, 0.1) is 0 Å². The molecule has 0 spiro atoms. The Morgan fingerprint density at radius 1 is 1.38 bits per heavy atom. The van der Waals surface area contributed by atoms with E-state index in [4.69, 9.17) is 13.6 Å². The number of hydrogen-bond donors (Lipinski definition) is 1. The van der Waals surface area contributed by atoms with Crippen molar-refractivity contribution < 1.29 is 51.9 Å². The number of carbonyl (C=O) groups excluding carboxylic acids is 1. The molecule has 1 N–H and O–H groups in total. The quantitative estimate of drug-likeness (QED) is 0.252. The molecular weight excluding hydrogens is 421 g/mol. The Hall–Kier alpha value is -0.700. The van der Waals surface area contributed by atoms with Crippen LogP contribution in [0.1, 0.15) is 28.4 Å². The van der Waals surface area contributed by atoms with E-state index < -0.39 is 18.9 Å². The lowest BCUT2D eigenvalue weighted by Crippen LogP contribution is -3.00. The van der Waals surface area contributed by atoms with Gasteiger partial charge in [0.1, 0.15) is 36.3 Å². The van der Waals surface area contributed by atoms with Crippen molar-refractivity contribution in [1.82, 2.24) is 0 Å². The first-order valence-corrected chi connectivity index (χ1v) is 8.15. The van der Waals surface area contributed by atoms with Crippen LogP contribution in [0.15, 0.2) is 30.3 Å². The summed E-state index contributed by atoms with van der Waals surface area (Å²) in [6.07, 6.45) is 0.533. The van der Waals surface area contributed by atoms with Gasteiger partial charge in [0.15, 0.2) is 0 Å². The Labute approximate surface area is 163 Å². The van der Waals surface area contributed by atoms with Crippen LogP contribution in [-0.2, 0) is 14.3 Å². The number of ether oxygens (including phenoxy) is 2. The Morgan fingerprint density at radius 2 is 2.00 bits per heavy atom. The lowest BCUT2D eigenvalue weighted by molar-refractivity contribution is -0.938. The molecule has 2 bridgehead atoms. The van der Waals surface area contributed by atoms with Crippen molar-refractivity contribution in [3.8, 4) is 0 Å². The number of benzene rings is 1. The molecule has 132 valence electrons. The Kier molecular flexibility index (Phi) is 3.95. The zero-order valence-corrected chi connectivity index (χ0v) is 15.6. The van der Waals surface area contributed by atoms with Gasteiger partial charge in [-0.3, -0.25) is 4.79 Å². The van der Waals surface area contributed by atoms with Crippen molar-refractivity contribution in [3.05, 3.63) is 35.9 Å². The number of quaternary nitrogens is 1. The lowest BCUT2D eigenvalue weighted by Gasteiger charge is -2.45. The van der Waals surface area contributed by atoms with Crippen LogP contribution in [0.5, 0.6) is 0 Å². The molecule has 3 aliphatic heterocycles. The molecule has 0 radical (unpaired) electrons. The maximum Gasteiger partial charge on any atom is 0.316 e. The zero-order chi connectivity index (χ0) is 18.7. The second kappa shape index (κ2) is 6.55. The van der Waals surface area contributed by atoms with Crippen LogP contribution in [0.25, 0.3) is 0 Å². The van der Waals surface area contributed by atoms with Gasteiger partial charge in [-0.2, -0.15) is 0 Å². The first-order chi connectivity index (χ1) is 12.3. The van der Waals surface area contributed by atoms with Crippen LogP contribution in [0.3, 0.4) is 0 Å². The van der Waals surface area contributed by atoms with Gasteiger partial charge < -0.3 is 43.0 Å². The van der Waals surface area contributed by atoms with E-state index in [2.05, 4.69) is 0 Å². The van der Waals surface area contributed by atoms with E-state index in [0.717, 1.165) is 0 Å². The average Bonchev–Trinajstić information content (AvgIpc) is 3.34. The molecule has 1 aromatic rings. The van der Waals surface area contributed by atoms with E-state index in [1.54, 1.807) is 19.2 Å². The van der Waals surface area contributed by atoms with Gasteiger partial charge in [0.05, 0.1) is 24.7 Å². The minimum absolute atomic E-state index is 0. The number of piperidine rings is 1. The summed E-state index contributed by atoms with van der Waals surface area (Å²) in [4.78, 5) is 12.6. The van der Waals surface area contributed by atoms with Gasteiger partial charge in [-0.1, -0.05) is 30.3 Å². The number of halogens is 1. The largest absolute Gasteiger partial charge is 1.00 e. The molecule has 3 heterocycles. The van der Waals surface area contributed by atoms with Crippen molar-refractivity contribution >= 4 is 5.97 Å². The van der Waals surface area contributed by atoms with Crippen LogP contribution >= 0.6 is 0 Å². The smallest absolute Gasteiger partial charge is 0.316 e. The van der Waals surface area contributed by atoms with E-state index in [1.807, 2.05) is 18.2 Å². The summed E-state index contributed by atoms with van der Waals surface area (Å²) < 4.78 is 35.2. The second-order valence-corrected chi connectivity index (χ2v) is 7.02. The molecule has 6 heteroatoms. The summed E-state index contributed by atoms with van der Waals surface area (Å²) in [6, 6.07) is 8.69. The number of rotatable bonds is 4. The lowest BCUT2D eigenvalue weighted by atomic mass is 9.95. The highest BCUT2D eigenvalue weighted by Gasteiger charge is 2.70. The number of esters is 1. The highest BCUT2D eigenvalue weighted by Crippen LogP contribution is 2.51. The first kappa shape index (κ1) is 14.5. The maximum atomic E-state index is 12.6. The number of hydrogen-bond acceptors (Lipinski definition) is 4. The number of aliphatic hydroxyl groups is 1. The summed E-state index contributed by atoms with van der Waals surface area (Å²) >= 11 is 0. The van der Waals surface area contributed by atoms with E-state index in [-0.39, 0.29) is 65.5 Å². The minimum Gasteiger partial charge on any atom is -1.00 e. The fourth-order valence-corrected chi connectivity index (χ4v) is 4.30. The molecule has 0 saturated carbocycles. The summed E-state index contributed by atoms with van der Waals surface area (Å²) in [5.74, 6) is -1.17. The fourth-order valence-electron chi connectivity index (χ4n) is 4.30. The van der Waals surface area contributed by atoms with Gasteiger partial charge in [0, 0.05) is 12.8 Å². The first-order valence-electron chi connectivity index (χ1n) is 9.65. The third-order valence-electron chi connectivity index (χ3n) is 5.66. The number of likely N-dealkylation sites (N-methyl/N-ethyl adjacent to an activating group) is 1. The second-order valence-electron chi connectivity index (χ2n) is 7.02. The topological polar surface area (TPSA) is 59.1 Å². The Bertz CT molecular complexity index is 684. The predicted molar refractivity (Wildman–Crippen MR) is 83.7 cm³/mol. The van der Waals surface area contributed by atoms with Gasteiger partial charge in [-0.25, -0.2) is 0 Å². The average molecular weight is 448 g/mol. The predicted octanol–water partition coefficient (Wildman–Crippen LogP) is -1.93. The molecule has 4 unspecified atom stereocenters. The van der Waals surface area contributed by atoms with Gasteiger partial charge in [-0.05, 0) is 5.56 Å². The van der Waals surface area contributed by atoms with Crippen LogP contribution in [0.4, 0.5) is 0 Å². The standard InChI is InChI=1S/C18H24NO4.HI/c1-19(2)14-8-12(9-15(19)17-16(14)23-17)22-18(21)13(10-20)11-6-4-3-5-7-11;/h3-7,12-17,20H,8-10H2,1-2H3;1H/q+1;/p-1/t12?,13-,14?,15?,16?,17?;/m0./s1/i1D3;/t12?,13-,14?,15?,16?,17?,19?;. The van der Waals surface area contributed by atoms with Crippen LogP contribution in [0.2, 0.25) is 0 Å². The van der Waals surface area contributed by atoms with Gasteiger partial charge in [0.25, 0.3) is 0 Å². The van der Waals surface area contributed by atoms with Gasteiger partial charge in [-0.15, -0.1) is 0 Å². The molecule has 5 nitrogen and oxygen atoms in total. The summed E-state index contributed by atoms with van der Waals surface area (Å²) in [7, 11) is 1.77. The minimum atomic E-state index is -2.11. The fraction of sp³-hybridized carbons (Fsp3) is 0.611. The molecule has 0 aromatic heterocycles. The van der Waals surface area contributed by atoms with Crippen molar-refractivity contribution in [3.63, 3.8) is 0 Å². The van der Waals surface area contributed by atoms with E-state index in [0.29, 0.717) is 18.4 Å². The van der Waals surface area contributed by atoms with Gasteiger partial charge >= 0.3 is 5.97 Å². The molecule has 24 heavy (non-hydrogen) atoms. The normalized spacial score (nSPS) is 42.6. The highest BCUT2D eigenvalue weighted by molar-refractivity contribution is 5.78. The summed E-state index contributed by atoms with van der Waals surface area (Å²) in [5.41, 5.74) is 0.716. The van der Waals surface area contributed by atoms with Crippen LogP contribution < -0.4 is 24.0 Å². The summed E-state index contributed by atoms with van der Waals surface area (Å²) in [6.45, 7) is -2.43. The zero-order valence-electron chi connectivity index (χ0n) is 16.5. The molecule has 5 atom stereocenters. The Morgan fingerprint density at radius 3 is 2.54 bits per heavy atom. The monoisotopic (exact) mass is 448 g/mol. The highest BCUT2D eigenvalue weighted by atomic mass is 127. The molecule has 1 aromatic carbocycles. The maximum absolute atomic E-state index is 12.6. The molecule has 0 amide bonds. The molecule has 4 rings (SSSR count). The van der Waals surface area contributed by atoms with Crippen molar-refractivity contribution in [2.45, 2.75) is 49.2 Å². The van der Waals surface area contributed by atoms with E-state index in [1.165, 1.54) is 0 Å². The number of aliphatic hydroxyl groups excluding tert-OH is 1. The van der Waals surface area contributed by atoms with Gasteiger partial charge in [0.2, 0.25) is 0 Å². The summed E-state index contributed by atoms with van der Waals surface area (Å²) in [5, 5.41) is 9.64. The molecular formula is C18H24INO4. The van der Waals surface area contributed by atoms with Crippen molar-refractivity contribution in [2.24, 2.45) is 0 Å². The van der Waals surface area contributed by atoms with E-state index >= 15 is 0 Å². The number of morpholine rings is 1. The molecule has 3 fully saturated rings. The molecule has 3 aliphatic rings. The SMILES string of the molecule is [2H]C([2H])([2H])[N+]1(C)C2CC(OC(=O)[C@@H](CO)c3ccccc3)CC1C1OC12.[I-]. The third kappa shape index (κ3) is 2.87. The van der Waals surface area contributed by atoms with Crippen molar-refractivity contribution in [1.29, 1.82) is 0 Å². The molecule has 0 aliphatic carbocycles.